The number of hydrogen-bond acceptors (Lipinski definition) is 4. The van der Waals surface area contributed by atoms with Crippen LogP contribution in [0.3, 0.4) is 0 Å². The van der Waals surface area contributed by atoms with Crippen molar-refractivity contribution in [3.05, 3.63) is 64.7 Å². The molecule has 0 bridgehead atoms. The molecule has 7 heteroatoms. The first kappa shape index (κ1) is 23.9. The lowest BCUT2D eigenvalue weighted by molar-refractivity contribution is 0.0757. The molecule has 2 aromatic rings. The van der Waals surface area contributed by atoms with Crippen molar-refractivity contribution >= 4 is 21.6 Å². The van der Waals surface area contributed by atoms with E-state index in [1.165, 1.54) is 10.6 Å². The highest BCUT2D eigenvalue weighted by Crippen LogP contribution is 2.23. The summed E-state index contributed by atoms with van der Waals surface area (Å²) in [7, 11) is -3.45. The number of benzene rings is 2. The molecular weight excluding hydrogens is 400 g/mol. The summed E-state index contributed by atoms with van der Waals surface area (Å²) < 4.78 is 31.6. The number of ether oxygens (including phenoxy) is 1. The molecule has 0 aliphatic rings. The molecule has 6 nitrogen and oxygen atoms in total. The van der Waals surface area contributed by atoms with Crippen molar-refractivity contribution in [2.75, 3.05) is 23.7 Å². The van der Waals surface area contributed by atoms with Gasteiger partial charge in [-0.05, 0) is 75.1 Å². The molecule has 30 heavy (non-hydrogen) atoms. The molecule has 0 saturated carbocycles. The quantitative estimate of drug-likeness (QED) is 0.579. The van der Waals surface area contributed by atoms with Gasteiger partial charge in [-0.1, -0.05) is 18.2 Å². The van der Waals surface area contributed by atoms with Crippen LogP contribution < -0.4 is 9.62 Å². The van der Waals surface area contributed by atoms with Gasteiger partial charge in [-0.2, -0.15) is 0 Å². The predicted octanol–water partition coefficient (Wildman–Crippen LogP) is 3.81. The molecule has 2 aromatic carbocycles. The Labute approximate surface area is 180 Å². The second-order valence-corrected chi connectivity index (χ2v) is 9.67. The maximum atomic E-state index is 12.4. The van der Waals surface area contributed by atoms with Crippen LogP contribution in [-0.4, -0.2) is 39.8 Å². The molecule has 0 heterocycles. The first-order chi connectivity index (χ1) is 14.1. The smallest absolute Gasteiger partial charge is 0.251 e. The van der Waals surface area contributed by atoms with Crippen LogP contribution in [0.5, 0.6) is 0 Å². The summed E-state index contributed by atoms with van der Waals surface area (Å²) in [5.74, 6) is -0.153. The Morgan fingerprint density at radius 2 is 1.73 bits per heavy atom. The van der Waals surface area contributed by atoms with Gasteiger partial charge in [0, 0.05) is 18.7 Å². The average molecular weight is 433 g/mol. The van der Waals surface area contributed by atoms with Crippen molar-refractivity contribution in [1.82, 2.24) is 5.32 Å². The van der Waals surface area contributed by atoms with E-state index in [0.29, 0.717) is 24.4 Å². The second-order valence-electron chi connectivity index (χ2n) is 7.76. The van der Waals surface area contributed by atoms with Crippen LogP contribution in [0.15, 0.2) is 42.5 Å². The normalized spacial score (nSPS) is 11.5. The first-order valence-electron chi connectivity index (χ1n) is 10.1. The van der Waals surface area contributed by atoms with Crippen LogP contribution in [0.1, 0.15) is 47.3 Å². The van der Waals surface area contributed by atoms with Gasteiger partial charge in [0.1, 0.15) is 0 Å². The third kappa shape index (κ3) is 7.15. The van der Waals surface area contributed by atoms with E-state index in [9.17, 15) is 13.2 Å². The molecule has 0 atom stereocenters. The van der Waals surface area contributed by atoms with E-state index in [1.54, 1.807) is 24.3 Å². The highest BCUT2D eigenvalue weighted by atomic mass is 32.2. The molecule has 0 spiro atoms. The van der Waals surface area contributed by atoms with E-state index >= 15 is 0 Å². The number of carbonyl (C=O) groups excluding carboxylic acids is 1. The van der Waals surface area contributed by atoms with Gasteiger partial charge >= 0.3 is 0 Å². The maximum Gasteiger partial charge on any atom is 0.251 e. The zero-order chi connectivity index (χ0) is 22.3. The fourth-order valence-electron chi connectivity index (χ4n) is 2.90. The van der Waals surface area contributed by atoms with Crippen LogP contribution in [0.2, 0.25) is 0 Å². The van der Waals surface area contributed by atoms with Gasteiger partial charge in [0.05, 0.1) is 24.6 Å². The molecule has 0 saturated heterocycles. The minimum absolute atomic E-state index is 0.153. The summed E-state index contributed by atoms with van der Waals surface area (Å²) in [4.78, 5) is 12.3. The lowest BCUT2D eigenvalue weighted by Crippen LogP contribution is -2.29. The fraction of sp³-hybridized carbons (Fsp3) is 0.435. The highest BCUT2D eigenvalue weighted by Gasteiger charge is 2.18. The van der Waals surface area contributed by atoms with Gasteiger partial charge in [0.2, 0.25) is 10.0 Å². The van der Waals surface area contributed by atoms with Crippen LogP contribution in [0.25, 0.3) is 0 Å². The molecule has 0 fully saturated rings. The third-order valence-corrected chi connectivity index (χ3v) is 5.92. The number of nitrogens with zero attached hydrogens (tertiary/aromatic N) is 1. The van der Waals surface area contributed by atoms with Crippen molar-refractivity contribution in [1.29, 1.82) is 0 Å². The molecule has 0 radical (unpaired) electrons. The molecule has 1 amide bonds. The molecule has 164 valence electrons. The molecule has 1 N–H and O–H groups in total. The zero-order valence-electron chi connectivity index (χ0n) is 18.4. The summed E-state index contributed by atoms with van der Waals surface area (Å²) in [6.07, 6.45) is 2.14. The van der Waals surface area contributed by atoms with Gasteiger partial charge in [-0.3, -0.25) is 9.10 Å². The van der Waals surface area contributed by atoms with Gasteiger partial charge in [0.15, 0.2) is 0 Å². The van der Waals surface area contributed by atoms with Gasteiger partial charge in [-0.25, -0.2) is 8.42 Å². The predicted molar refractivity (Wildman–Crippen MR) is 121 cm³/mol. The molecule has 0 aliphatic heterocycles. The number of rotatable bonds is 10. The Balaban J connectivity index is 2.03. The number of amides is 1. The number of nitrogens with one attached hydrogen (secondary N) is 1. The first-order valence-corrected chi connectivity index (χ1v) is 12.0. The van der Waals surface area contributed by atoms with Crippen LogP contribution in [0, 0.1) is 13.8 Å². The minimum atomic E-state index is -3.45. The summed E-state index contributed by atoms with van der Waals surface area (Å²) in [6, 6.07) is 12.6. The second kappa shape index (κ2) is 10.6. The minimum Gasteiger partial charge on any atom is -0.379 e. The fourth-order valence-corrected chi connectivity index (χ4v) is 3.78. The number of carbonyl (C=O) groups is 1. The molecule has 2 rings (SSSR count). The van der Waals surface area contributed by atoms with Gasteiger partial charge in [0.25, 0.3) is 5.91 Å². The standard InChI is InChI=1S/C23H32N2O4S/c1-17(2)29-14-6-13-24-23(26)21-10-8-20(9-11-21)16-25(30(5,27)28)22-12-7-18(3)19(4)15-22/h7-12,15,17H,6,13-14,16H2,1-5H3,(H,24,26). The maximum absolute atomic E-state index is 12.4. The van der Waals surface area contributed by atoms with E-state index < -0.39 is 10.0 Å². The zero-order valence-corrected chi connectivity index (χ0v) is 19.3. The van der Waals surface area contributed by atoms with Crippen molar-refractivity contribution in [2.45, 2.75) is 46.8 Å². The summed E-state index contributed by atoms with van der Waals surface area (Å²) in [5, 5.41) is 2.87. The Kier molecular flexibility index (Phi) is 8.43. The van der Waals surface area contributed by atoms with E-state index in [2.05, 4.69) is 5.32 Å². The SMILES string of the molecule is Cc1ccc(N(Cc2ccc(C(=O)NCCCOC(C)C)cc2)S(C)(=O)=O)cc1C. The molecular formula is C23H32N2O4S. The Bertz CT molecular complexity index is 954. The van der Waals surface area contributed by atoms with Crippen molar-refractivity contribution in [2.24, 2.45) is 0 Å². The highest BCUT2D eigenvalue weighted by molar-refractivity contribution is 7.92. The average Bonchev–Trinajstić information content (AvgIpc) is 2.67. The monoisotopic (exact) mass is 432 g/mol. The largest absolute Gasteiger partial charge is 0.379 e. The lowest BCUT2D eigenvalue weighted by atomic mass is 10.1. The van der Waals surface area contributed by atoms with E-state index in [-0.39, 0.29) is 18.6 Å². The van der Waals surface area contributed by atoms with Crippen molar-refractivity contribution < 1.29 is 17.9 Å². The molecule has 0 unspecified atom stereocenters. The summed E-state index contributed by atoms with van der Waals surface area (Å²) in [6.45, 7) is 9.26. The Morgan fingerprint density at radius 3 is 2.30 bits per heavy atom. The lowest BCUT2D eigenvalue weighted by Gasteiger charge is -2.23. The van der Waals surface area contributed by atoms with Crippen LogP contribution in [-0.2, 0) is 21.3 Å². The van der Waals surface area contributed by atoms with E-state index in [1.807, 2.05) is 45.9 Å². The third-order valence-electron chi connectivity index (χ3n) is 4.78. The molecule has 0 aliphatic carbocycles. The van der Waals surface area contributed by atoms with E-state index in [4.69, 9.17) is 4.74 Å². The van der Waals surface area contributed by atoms with Crippen LogP contribution >= 0.6 is 0 Å². The number of anilines is 1. The topological polar surface area (TPSA) is 75.7 Å². The van der Waals surface area contributed by atoms with Crippen LogP contribution in [0.4, 0.5) is 5.69 Å². The summed E-state index contributed by atoms with van der Waals surface area (Å²) >= 11 is 0. The summed E-state index contributed by atoms with van der Waals surface area (Å²) in [5.41, 5.74) is 4.12. The van der Waals surface area contributed by atoms with E-state index in [0.717, 1.165) is 23.1 Å². The van der Waals surface area contributed by atoms with Gasteiger partial charge in [-0.15, -0.1) is 0 Å². The number of hydrogen-bond donors (Lipinski definition) is 1. The number of sulfonamides is 1. The number of aryl methyl sites for hydroxylation is 2. The Morgan fingerprint density at radius 1 is 1.07 bits per heavy atom. The van der Waals surface area contributed by atoms with Crippen molar-refractivity contribution in [3.63, 3.8) is 0 Å². The van der Waals surface area contributed by atoms with Crippen molar-refractivity contribution in [3.8, 4) is 0 Å². The Hall–Kier alpha value is -2.38. The van der Waals surface area contributed by atoms with Gasteiger partial charge < -0.3 is 10.1 Å². The molecule has 0 aromatic heterocycles.